The van der Waals surface area contributed by atoms with E-state index >= 15 is 0 Å². The molecule has 1 aliphatic rings. The topological polar surface area (TPSA) is 107 Å². The van der Waals surface area contributed by atoms with Gasteiger partial charge in [-0.3, -0.25) is 9.59 Å². The highest BCUT2D eigenvalue weighted by Crippen LogP contribution is 2.32. The highest BCUT2D eigenvalue weighted by Gasteiger charge is 2.17. The second-order valence-electron chi connectivity index (χ2n) is 7.20. The zero-order chi connectivity index (χ0) is 22.5. The molecule has 1 aromatic heterocycles. The fourth-order valence-corrected chi connectivity index (χ4v) is 3.90. The van der Waals surface area contributed by atoms with Crippen molar-refractivity contribution in [3.8, 4) is 11.5 Å². The third-order valence-corrected chi connectivity index (χ3v) is 6.00. The Kier molecular flexibility index (Phi) is 6.60. The van der Waals surface area contributed by atoms with Crippen molar-refractivity contribution < 1.29 is 19.1 Å². The van der Waals surface area contributed by atoms with Gasteiger partial charge in [0.15, 0.2) is 22.5 Å². The summed E-state index contributed by atoms with van der Waals surface area (Å²) in [6.45, 7) is 2.30. The van der Waals surface area contributed by atoms with Crippen molar-refractivity contribution >= 4 is 23.6 Å². The van der Waals surface area contributed by atoms with Crippen molar-refractivity contribution in [2.75, 3.05) is 12.5 Å². The molecule has 0 saturated heterocycles. The minimum atomic E-state index is -0.255. The van der Waals surface area contributed by atoms with Crippen LogP contribution in [0, 0.1) is 0 Å². The molecule has 0 bridgehead atoms. The summed E-state index contributed by atoms with van der Waals surface area (Å²) in [7, 11) is 1.80. The lowest BCUT2D eigenvalue weighted by molar-refractivity contribution is -0.119. The molecule has 2 N–H and O–H groups in total. The van der Waals surface area contributed by atoms with Crippen LogP contribution in [0.15, 0.2) is 53.7 Å². The van der Waals surface area contributed by atoms with Gasteiger partial charge in [0.25, 0.3) is 5.91 Å². The number of nitrogens with one attached hydrogen (secondary N) is 2. The lowest BCUT2D eigenvalue weighted by Crippen LogP contribution is -2.28. The quantitative estimate of drug-likeness (QED) is 0.505. The van der Waals surface area contributed by atoms with Crippen LogP contribution in [0.4, 0.5) is 0 Å². The van der Waals surface area contributed by atoms with E-state index in [1.165, 1.54) is 11.8 Å². The SMILES string of the molecule is C[C@H](NC(=O)CSc1nnc(CNC(=O)c2ccc3c(c2)OCO3)n1C)c1ccccc1. The fourth-order valence-electron chi connectivity index (χ4n) is 3.16. The molecular weight excluding hydrogens is 430 g/mol. The number of hydrogen-bond donors (Lipinski definition) is 2. The van der Waals surface area contributed by atoms with E-state index in [1.807, 2.05) is 37.3 Å². The third-order valence-electron chi connectivity index (χ3n) is 4.98. The van der Waals surface area contributed by atoms with Gasteiger partial charge in [-0.2, -0.15) is 0 Å². The number of hydrogen-bond acceptors (Lipinski definition) is 7. The minimum Gasteiger partial charge on any atom is -0.454 e. The van der Waals surface area contributed by atoms with Crippen LogP contribution >= 0.6 is 11.8 Å². The minimum absolute atomic E-state index is 0.0780. The van der Waals surface area contributed by atoms with Crippen molar-refractivity contribution in [1.82, 2.24) is 25.4 Å². The van der Waals surface area contributed by atoms with Crippen molar-refractivity contribution in [2.45, 2.75) is 24.7 Å². The summed E-state index contributed by atoms with van der Waals surface area (Å²) in [4.78, 5) is 24.8. The Bertz CT molecular complexity index is 1120. The van der Waals surface area contributed by atoms with Gasteiger partial charge >= 0.3 is 0 Å². The number of ether oxygens (including phenoxy) is 2. The summed E-state index contributed by atoms with van der Waals surface area (Å²) < 4.78 is 12.3. The largest absolute Gasteiger partial charge is 0.454 e. The summed E-state index contributed by atoms with van der Waals surface area (Å²) in [6.07, 6.45) is 0. The van der Waals surface area contributed by atoms with Crippen molar-refractivity contribution in [1.29, 1.82) is 0 Å². The molecule has 0 unspecified atom stereocenters. The molecule has 0 aliphatic carbocycles. The summed E-state index contributed by atoms with van der Waals surface area (Å²) in [5.41, 5.74) is 1.51. The number of aromatic nitrogens is 3. The number of rotatable bonds is 8. The van der Waals surface area contributed by atoms with Crippen LogP contribution in [0.2, 0.25) is 0 Å². The molecule has 32 heavy (non-hydrogen) atoms. The van der Waals surface area contributed by atoms with E-state index in [0.717, 1.165) is 5.56 Å². The predicted octanol–water partition coefficient (Wildman–Crippen LogP) is 2.44. The van der Waals surface area contributed by atoms with Gasteiger partial charge in [-0.25, -0.2) is 0 Å². The van der Waals surface area contributed by atoms with Gasteiger partial charge in [0.2, 0.25) is 12.7 Å². The first-order chi connectivity index (χ1) is 15.5. The average molecular weight is 454 g/mol. The Balaban J connectivity index is 1.27. The van der Waals surface area contributed by atoms with Gasteiger partial charge in [-0.05, 0) is 30.7 Å². The summed E-state index contributed by atoms with van der Waals surface area (Å²) in [5, 5.41) is 14.7. The monoisotopic (exact) mass is 453 g/mol. The van der Waals surface area contributed by atoms with Crippen LogP contribution in [0.5, 0.6) is 11.5 Å². The van der Waals surface area contributed by atoms with E-state index in [1.54, 1.807) is 29.8 Å². The third kappa shape index (κ3) is 5.02. The molecule has 1 atom stereocenters. The Morgan fingerprint density at radius 2 is 1.91 bits per heavy atom. The van der Waals surface area contributed by atoms with E-state index in [2.05, 4.69) is 20.8 Å². The van der Waals surface area contributed by atoms with E-state index in [0.29, 0.717) is 28.0 Å². The maximum Gasteiger partial charge on any atom is 0.251 e. The Morgan fingerprint density at radius 3 is 2.72 bits per heavy atom. The number of carbonyl (C=O) groups excluding carboxylic acids is 2. The second-order valence-corrected chi connectivity index (χ2v) is 8.14. The van der Waals surface area contributed by atoms with Gasteiger partial charge in [0, 0.05) is 12.6 Å². The number of thioether (sulfide) groups is 1. The lowest BCUT2D eigenvalue weighted by atomic mass is 10.1. The molecule has 9 nitrogen and oxygen atoms in total. The molecule has 10 heteroatoms. The predicted molar refractivity (Wildman–Crippen MR) is 118 cm³/mol. The van der Waals surface area contributed by atoms with Gasteiger partial charge in [0.05, 0.1) is 18.3 Å². The lowest BCUT2D eigenvalue weighted by Gasteiger charge is -2.14. The van der Waals surface area contributed by atoms with E-state index in [9.17, 15) is 9.59 Å². The van der Waals surface area contributed by atoms with Gasteiger partial charge in [0.1, 0.15) is 0 Å². The highest BCUT2D eigenvalue weighted by atomic mass is 32.2. The molecule has 0 saturated carbocycles. The van der Waals surface area contributed by atoms with Crippen molar-refractivity contribution in [3.05, 3.63) is 65.5 Å². The Labute approximate surface area is 189 Å². The van der Waals surface area contributed by atoms with Crippen LogP contribution in [-0.2, 0) is 18.4 Å². The van der Waals surface area contributed by atoms with Gasteiger partial charge < -0.3 is 24.7 Å². The van der Waals surface area contributed by atoms with E-state index in [-0.39, 0.29) is 36.9 Å². The van der Waals surface area contributed by atoms with Crippen molar-refractivity contribution in [2.24, 2.45) is 7.05 Å². The van der Waals surface area contributed by atoms with Crippen LogP contribution in [0.3, 0.4) is 0 Å². The molecule has 1 aliphatic heterocycles. The zero-order valence-electron chi connectivity index (χ0n) is 17.7. The summed E-state index contributed by atoms with van der Waals surface area (Å²) in [6, 6.07) is 14.7. The van der Waals surface area contributed by atoms with Crippen LogP contribution in [0.25, 0.3) is 0 Å². The molecular formula is C22H23N5O4S. The molecule has 2 aromatic carbocycles. The fraction of sp³-hybridized carbons (Fsp3) is 0.273. The number of nitrogens with zero attached hydrogens (tertiary/aromatic N) is 3. The van der Waals surface area contributed by atoms with Crippen LogP contribution < -0.4 is 20.1 Å². The Hall–Kier alpha value is -3.53. The maximum atomic E-state index is 12.4. The maximum absolute atomic E-state index is 12.4. The van der Waals surface area contributed by atoms with E-state index in [4.69, 9.17) is 9.47 Å². The molecule has 2 heterocycles. The number of benzene rings is 2. The standard InChI is InChI=1S/C22H23N5O4S/c1-14(15-6-4-3-5-7-15)24-20(28)12-32-22-26-25-19(27(22)2)11-23-21(29)16-8-9-17-18(10-16)31-13-30-17/h3-10,14H,11-13H2,1-2H3,(H,23,29)(H,24,28)/t14-/m0/s1. The number of fused-ring (bicyclic) bond motifs is 1. The number of carbonyl (C=O) groups is 2. The molecule has 3 aromatic rings. The second kappa shape index (κ2) is 9.73. The Morgan fingerprint density at radius 1 is 1.12 bits per heavy atom. The van der Waals surface area contributed by atoms with Crippen LogP contribution in [0.1, 0.15) is 34.7 Å². The van der Waals surface area contributed by atoms with Gasteiger partial charge in [-0.1, -0.05) is 42.1 Å². The highest BCUT2D eigenvalue weighted by molar-refractivity contribution is 7.99. The number of amides is 2. The molecule has 0 fully saturated rings. The molecule has 4 rings (SSSR count). The van der Waals surface area contributed by atoms with Crippen molar-refractivity contribution in [3.63, 3.8) is 0 Å². The van der Waals surface area contributed by atoms with Gasteiger partial charge in [-0.15, -0.1) is 10.2 Å². The normalized spacial score (nSPS) is 12.9. The average Bonchev–Trinajstić information content (AvgIpc) is 3.42. The first kappa shape index (κ1) is 21.7. The molecule has 166 valence electrons. The summed E-state index contributed by atoms with van der Waals surface area (Å²) >= 11 is 1.29. The summed E-state index contributed by atoms with van der Waals surface area (Å²) in [5.74, 6) is 1.63. The zero-order valence-corrected chi connectivity index (χ0v) is 18.5. The first-order valence-corrected chi connectivity index (χ1v) is 11.0. The van der Waals surface area contributed by atoms with E-state index < -0.39 is 0 Å². The molecule has 0 radical (unpaired) electrons. The molecule has 2 amide bonds. The van der Waals surface area contributed by atoms with Crippen LogP contribution in [-0.4, -0.2) is 39.1 Å². The molecule has 0 spiro atoms. The smallest absolute Gasteiger partial charge is 0.251 e. The first-order valence-electron chi connectivity index (χ1n) is 10.0.